The first-order valence-corrected chi connectivity index (χ1v) is 7.88. The van der Waals surface area contributed by atoms with Gasteiger partial charge in [0, 0.05) is 16.6 Å². The number of halogens is 1. The van der Waals surface area contributed by atoms with E-state index in [-0.39, 0.29) is 11.8 Å². The average Bonchev–Trinajstić information content (AvgIpc) is 2.43. The van der Waals surface area contributed by atoms with Gasteiger partial charge in [-0.25, -0.2) is 0 Å². The van der Waals surface area contributed by atoms with Gasteiger partial charge in [0.1, 0.15) is 0 Å². The van der Waals surface area contributed by atoms with Crippen molar-refractivity contribution in [2.75, 3.05) is 5.32 Å². The Morgan fingerprint density at radius 2 is 1.71 bits per heavy atom. The van der Waals surface area contributed by atoms with Gasteiger partial charge in [0.05, 0.1) is 0 Å². The summed E-state index contributed by atoms with van der Waals surface area (Å²) >= 11 is 3.47. The molecule has 2 nitrogen and oxygen atoms in total. The highest BCUT2D eigenvalue weighted by Crippen LogP contribution is 2.26. The summed E-state index contributed by atoms with van der Waals surface area (Å²) in [5.74, 6) is 0.266. The van der Waals surface area contributed by atoms with E-state index in [1.807, 2.05) is 44.2 Å². The largest absolute Gasteiger partial charge is 0.326 e. The predicted octanol–water partition coefficient (Wildman–Crippen LogP) is 5.20. The van der Waals surface area contributed by atoms with E-state index in [0.717, 1.165) is 21.3 Å². The van der Waals surface area contributed by atoms with Crippen molar-refractivity contribution in [3.63, 3.8) is 0 Å². The lowest BCUT2D eigenvalue weighted by molar-refractivity contribution is -0.116. The molecule has 2 rings (SSSR count). The van der Waals surface area contributed by atoms with Gasteiger partial charge in [-0.15, -0.1) is 0 Å². The van der Waals surface area contributed by atoms with Crippen molar-refractivity contribution in [1.82, 2.24) is 0 Å². The Labute approximate surface area is 134 Å². The molecule has 1 atom stereocenters. The highest BCUT2D eigenvalue weighted by Gasteiger charge is 2.13. The second kappa shape index (κ2) is 6.90. The van der Waals surface area contributed by atoms with Gasteiger partial charge in [-0.3, -0.25) is 4.79 Å². The van der Waals surface area contributed by atoms with Gasteiger partial charge in [-0.1, -0.05) is 53.2 Å². The summed E-state index contributed by atoms with van der Waals surface area (Å²) in [7, 11) is 0. The Balaban J connectivity index is 2.06. The topological polar surface area (TPSA) is 29.1 Å². The molecule has 21 heavy (non-hydrogen) atoms. The minimum absolute atomic E-state index is 0.0554. The molecule has 0 heterocycles. The van der Waals surface area contributed by atoms with Crippen LogP contribution in [-0.4, -0.2) is 5.91 Å². The third kappa shape index (κ3) is 4.18. The second-order valence-corrected chi connectivity index (χ2v) is 6.39. The summed E-state index contributed by atoms with van der Waals surface area (Å²) in [6, 6.07) is 14.2. The molecule has 0 bridgehead atoms. The van der Waals surface area contributed by atoms with E-state index in [9.17, 15) is 4.79 Å². The molecule has 0 aromatic heterocycles. The molecular formula is C18H20BrNO. The van der Waals surface area contributed by atoms with Crippen LogP contribution in [0, 0.1) is 13.8 Å². The average molecular weight is 346 g/mol. The van der Waals surface area contributed by atoms with Crippen LogP contribution in [0.2, 0.25) is 0 Å². The standard InChI is InChI=1S/C18H20BrNO/c1-12(15-7-5-4-6-8-15)11-17(21)20-18-13(2)9-16(19)10-14(18)3/h4-10,12H,11H2,1-3H3,(H,20,21). The number of benzene rings is 2. The van der Waals surface area contributed by atoms with Crippen LogP contribution >= 0.6 is 15.9 Å². The molecule has 0 fully saturated rings. The third-order valence-electron chi connectivity index (χ3n) is 3.62. The zero-order chi connectivity index (χ0) is 15.4. The summed E-state index contributed by atoms with van der Waals surface area (Å²) in [4.78, 5) is 12.3. The summed E-state index contributed by atoms with van der Waals surface area (Å²) in [6.45, 7) is 6.10. The number of hydrogen-bond acceptors (Lipinski definition) is 1. The quantitative estimate of drug-likeness (QED) is 0.810. The number of amides is 1. The van der Waals surface area contributed by atoms with Crippen LogP contribution in [0.4, 0.5) is 5.69 Å². The Bertz CT molecular complexity index is 614. The van der Waals surface area contributed by atoms with Crippen molar-refractivity contribution in [1.29, 1.82) is 0 Å². The SMILES string of the molecule is Cc1cc(Br)cc(C)c1NC(=O)CC(C)c1ccccc1. The van der Waals surface area contributed by atoms with Crippen LogP contribution in [-0.2, 0) is 4.79 Å². The molecule has 0 aliphatic carbocycles. The van der Waals surface area contributed by atoms with Gasteiger partial charge in [-0.2, -0.15) is 0 Å². The lowest BCUT2D eigenvalue weighted by atomic mass is 9.97. The normalized spacial score (nSPS) is 12.0. The van der Waals surface area contributed by atoms with Crippen LogP contribution in [0.25, 0.3) is 0 Å². The number of aryl methyl sites for hydroxylation is 2. The van der Waals surface area contributed by atoms with Gasteiger partial charge in [0.2, 0.25) is 5.91 Å². The van der Waals surface area contributed by atoms with Crippen molar-refractivity contribution in [3.05, 3.63) is 63.6 Å². The maximum atomic E-state index is 12.3. The van der Waals surface area contributed by atoms with E-state index in [0.29, 0.717) is 6.42 Å². The number of carbonyl (C=O) groups is 1. The van der Waals surface area contributed by atoms with E-state index in [1.165, 1.54) is 5.56 Å². The maximum Gasteiger partial charge on any atom is 0.224 e. The number of nitrogens with one attached hydrogen (secondary N) is 1. The molecule has 1 N–H and O–H groups in total. The molecule has 1 unspecified atom stereocenters. The van der Waals surface area contributed by atoms with Gasteiger partial charge < -0.3 is 5.32 Å². The zero-order valence-electron chi connectivity index (χ0n) is 12.6. The van der Waals surface area contributed by atoms with Gasteiger partial charge >= 0.3 is 0 Å². The van der Waals surface area contributed by atoms with Crippen LogP contribution < -0.4 is 5.32 Å². The summed E-state index contributed by atoms with van der Waals surface area (Å²) in [6.07, 6.45) is 0.485. The molecule has 0 aliphatic rings. The molecule has 3 heteroatoms. The molecule has 0 aliphatic heterocycles. The summed E-state index contributed by atoms with van der Waals surface area (Å²) in [5, 5.41) is 3.05. The molecule has 0 saturated heterocycles. The smallest absolute Gasteiger partial charge is 0.224 e. The van der Waals surface area contributed by atoms with Crippen molar-refractivity contribution in [2.45, 2.75) is 33.1 Å². The van der Waals surface area contributed by atoms with Crippen LogP contribution in [0.15, 0.2) is 46.9 Å². The lowest BCUT2D eigenvalue weighted by Crippen LogP contribution is -2.16. The zero-order valence-corrected chi connectivity index (χ0v) is 14.2. The molecule has 110 valence electrons. The Hall–Kier alpha value is -1.61. The van der Waals surface area contributed by atoms with Crippen LogP contribution in [0.5, 0.6) is 0 Å². The molecule has 0 spiro atoms. The molecule has 2 aromatic rings. The number of rotatable bonds is 4. The Morgan fingerprint density at radius 1 is 1.14 bits per heavy atom. The van der Waals surface area contributed by atoms with Crippen LogP contribution in [0.1, 0.15) is 36.0 Å². The second-order valence-electron chi connectivity index (χ2n) is 5.48. The Morgan fingerprint density at radius 3 is 2.29 bits per heavy atom. The minimum Gasteiger partial charge on any atom is -0.326 e. The van der Waals surface area contributed by atoms with Crippen molar-refractivity contribution in [3.8, 4) is 0 Å². The minimum atomic E-state index is 0.0554. The van der Waals surface area contributed by atoms with Gasteiger partial charge in [0.15, 0.2) is 0 Å². The van der Waals surface area contributed by atoms with Crippen LogP contribution in [0.3, 0.4) is 0 Å². The Kier molecular flexibility index (Phi) is 5.18. The first-order chi connectivity index (χ1) is 9.97. The fraction of sp³-hybridized carbons (Fsp3) is 0.278. The van der Waals surface area contributed by atoms with Gasteiger partial charge in [0.25, 0.3) is 0 Å². The van der Waals surface area contributed by atoms with E-state index in [4.69, 9.17) is 0 Å². The third-order valence-corrected chi connectivity index (χ3v) is 4.08. The fourth-order valence-corrected chi connectivity index (χ4v) is 3.16. The van der Waals surface area contributed by atoms with Gasteiger partial charge in [-0.05, 0) is 48.6 Å². The number of hydrogen-bond donors (Lipinski definition) is 1. The monoisotopic (exact) mass is 345 g/mol. The summed E-state index contributed by atoms with van der Waals surface area (Å²) < 4.78 is 1.04. The van der Waals surface area contributed by atoms with E-state index < -0.39 is 0 Å². The molecule has 0 saturated carbocycles. The van der Waals surface area contributed by atoms with Crippen molar-refractivity contribution < 1.29 is 4.79 Å². The first-order valence-electron chi connectivity index (χ1n) is 7.09. The summed E-state index contributed by atoms with van der Waals surface area (Å²) in [5.41, 5.74) is 4.26. The molecular weight excluding hydrogens is 326 g/mol. The number of anilines is 1. The molecule has 2 aromatic carbocycles. The highest BCUT2D eigenvalue weighted by molar-refractivity contribution is 9.10. The fourth-order valence-electron chi connectivity index (χ4n) is 2.48. The van der Waals surface area contributed by atoms with E-state index >= 15 is 0 Å². The van der Waals surface area contributed by atoms with E-state index in [2.05, 4.69) is 40.3 Å². The van der Waals surface area contributed by atoms with E-state index in [1.54, 1.807) is 0 Å². The number of carbonyl (C=O) groups excluding carboxylic acids is 1. The first kappa shape index (κ1) is 15.8. The lowest BCUT2D eigenvalue weighted by Gasteiger charge is -2.15. The highest BCUT2D eigenvalue weighted by atomic mass is 79.9. The molecule has 0 radical (unpaired) electrons. The predicted molar refractivity (Wildman–Crippen MR) is 91.7 cm³/mol. The maximum absolute atomic E-state index is 12.3. The molecule has 1 amide bonds. The van der Waals surface area contributed by atoms with Crippen molar-refractivity contribution >= 4 is 27.5 Å². The van der Waals surface area contributed by atoms with Crippen molar-refractivity contribution in [2.24, 2.45) is 0 Å².